The molecule has 1 aromatic carbocycles. The minimum atomic E-state index is 0.0565. The van der Waals surface area contributed by atoms with E-state index < -0.39 is 0 Å². The van der Waals surface area contributed by atoms with Crippen LogP contribution in [0.1, 0.15) is 30.5 Å². The van der Waals surface area contributed by atoms with Crippen molar-refractivity contribution < 1.29 is 4.79 Å². The zero-order valence-electron chi connectivity index (χ0n) is 11.3. The molecule has 1 fully saturated rings. The Bertz CT molecular complexity index is 516. The van der Waals surface area contributed by atoms with Crippen LogP contribution in [0.25, 0.3) is 0 Å². The second-order valence-electron chi connectivity index (χ2n) is 5.47. The lowest BCUT2D eigenvalue weighted by Gasteiger charge is -2.27. The number of aryl methyl sites for hydroxylation is 1. The molecule has 2 aliphatic rings. The number of rotatable bonds is 1. The van der Waals surface area contributed by atoms with Gasteiger partial charge in [-0.1, -0.05) is 12.1 Å². The van der Waals surface area contributed by atoms with Crippen LogP contribution in [0, 0.1) is 0 Å². The Hall–Kier alpha value is -1.43. The number of anilines is 1. The van der Waals surface area contributed by atoms with Crippen molar-refractivity contribution >= 4 is 11.6 Å². The minimum Gasteiger partial charge on any atom is -0.325 e. The Kier molecular flexibility index (Phi) is 3.05. The summed E-state index contributed by atoms with van der Waals surface area (Å²) in [7, 11) is 1.84. The van der Waals surface area contributed by atoms with Crippen LogP contribution in [0.2, 0.25) is 0 Å². The van der Waals surface area contributed by atoms with E-state index in [-0.39, 0.29) is 24.0 Å². The van der Waals surface area contributed by atoms with E-state index in [0.29, 0.717) is 6.42 Å². The quantitative estimate of drug-likeness (QED) is 0.686. The fourth-order valence-corrected chi connectivity index (χ4v) is 2.88. The maximum atomic E-state index is 11.7. The number of hydrogen-bond acceptors (Lipinski definition) is 4. The van der Waals surface area contributed by atoms with Crippen molar-refractivity contribution in [3.8, 4) is 0 Å². The summed E-state index contributed by atoms with van der Waals surface area (Å²) in [5.41, 5.74) is 16.0. The fraction of sp³-hybridized carbons (Fsp3) is 0.500. The van der Waals surface area contributed by atoms with Gasteiger partial charge in [0.15, 0.2) is 0 Å². The Labute approximate surface area is 113 Å². The van der Waals surface area contributed by atoms with Gasteiger partial charge in [-0.3, -0.25) is 10.2 Å². The van der Waals surface area contributed by atoms with Crippen molar-refractivity contribution in [2.75, 3.05) is 11.9 Å². The van der Waals surface area contributed by atoms with Gasteiger partial charge in [-0.15, -0.1) is 0 Å². The molecule has 1 saturated heterocycles. The fourth-order valence-electron chi connectivity index (χ4n) is 2.88. The molecule has 1 aromatic rings. The van der Waals surface area contributed by atoms with E-state index in [1.54, 1.807) is 4.90 Å². The standard InChI is InChI=1S/C14H20N4O/c1-8-13(15)14(17-16-8)10-3-5-11-9(7-10)4-6-12(19)18(11)2/h3,5,7-8,13-14,16-17H,4,6,15H2,1-2H3. The largest absolute Gasteiger partial charge is 0.325 e. The lowest BCUT2D eigenvalue weighted by atomic mass is 9.93. The van der Waals surface area contributed by atoms with Crippen LogP contribution in [0.3, 0.4) is 0 Å². The van der Waals surface area contributed by atoms with Crippen LogP contribution in [-0.2, 0) is 11.2 Å². The van der Waals surface area contributed by atoms with E-state index in [4.69, 9.17) is 5.73 Å². The number of nitrogens with two attached hydrogens (primary N) is 1. The Morgan fingerprint density at radius 3 is 2.79 bits per heavy atom. The second-order valence-corrected chi connectivity index (χ2v) is 5.47. The number of benzene rings is 1. The first-order valence-electron chi connectivity index (χ1n) is 6.74. The molecule has 3 unspecified atom stereocenters. The summed E-state index contributed by atoms with van der Waals surface area (Å²) in [5, 5.41) is 0. The maximum absolute atomic E-state index is 11.7. The van der Waals surface area contributed by atoms with Crippen LogP contribution in [0.15, 0.2) is 18.2 Å². The van der Waals surface area contributed by atoms with Crippen molar-refractivity contribution in [3.63, 3.8) is 0 Å². The number of nitrogens with one attached hydrogen (secondary N) is 2. The predicted molar refractivity (Wildman–Crippen MR) is 74.6 cm³/mol. The highest BCUT2D eigenvalue weighted by atomic mass is 16.2. The van der Waals surface area contributed by atoms with Crippen molar-refractivity contribution in [2.45, 2.75) is 37.9 Å². The molecule has 0 spiro atoms. The van der Waals surface area contributed by atoms with Crippen LogP contribution in [0.4, 0.5) is 5.69 Å². The molecular formula is C14H20N4O. The summed E-state index contributed by atoms with van der Waals surface area (Å²) in [6.07, 6.45) is 1.41. The van der Waals surface area contributed by atoms with Gasteiger partial charge in [-0.2, -0.15) is 0 Å². The molecule has 3 rings (SSSR count). The number of hydrazine groups is 1. The molecule has 0 saturated carbocycles. The van der Waals surface area contributed by atoms with Gasteiger partial charge in [0.2, 0.25) is 5.91 Å². The van der Waals surface area contributed by atoms with E-state index in [0.717, 1.165) is 12.1 Å². The summed E-state index contributed by atoms with van der Waals surface area (Å²) in [4.78, 5) is 13.4. The van der Waals surface area contributed by atoms with Crippen LogP contribution >= 0.6 is 0 Å². The second kappa shape index (κ2) is 4.59. The van der Waals surface area contributed by atoms with Gasteiger partial charge in [0.1, 0.15) is 0 Å². The average molecular weight is 260 g/mol. The molecule has 5 nitrogen and oxygen atoms in total. The molecule has 0 radical (unpaired) electrons. The molecule has 0 bridgehead atoms. The number of carbonyl (C=O) groups excluding carboxylic acids is 1. The van der Waals surface area contributed by atoms with E-state index >= 15 is 0 Å². The Balaban J connectivity index is 1.92. The molecule has 0 aliphatic carbocycles. The van der Waals surface area contributed by atoms with Crippen LogP contribution in [-0.4, -0.2) is 25.0 Å². The van der Waals surface area contributed by atoms with E-state index in [9.17, 15) is 4.79 Å². The number of carbonyl (C=O) groups is 1. The summed E-state index contributed by atoms with van der Waals surface area (Å²) in [6, 6.07) is 6.70. The molecule has 2 heterocycles. The van der Waals surface area contributed by atoms with Gasteiger partial charge >= 0.3 is 0 Å². The molecular weight excluding hydrogens is 240 g/mol. The molecule has 102 valence electrons. The smallest absolute Gasteiger partial charge is 0.227 e. The normalized spacial score (nSPS) is 30.6. The summed E-state index contributed by atoms with van der Waals surface area (Å²) in [6.45, 7) is 2.07. The van der Waals surface area contributed by atoms with Gasteiger partial charge in [0.25, 0.3) is 0 Å². The average Bonchev–Trinajstić information content (AvgIpc) is 2.74. The predicted octanol–water partition coefficient (Wildman–Crippen LogP) is 0.460. The summed E-state index contributed by atoms with van der Waals surface area (Å²) < 4.78 is 0. The van der Waals surface area contributed by atoms with Gasteiger partial charge in [0.05, 0.1) is 6.04 Å². The zero-order valence-corrected chi connectivity index (χ0v) is 11.3. The minimum absolute atomic E-state index is 0.0565. The summed E-state index contributed by atoms with van der Waals surface area (Å²) in [5.74, 6) is 0.186. The number of fused-ring (bicyclic) bond motifs is 1. The topological polar surface area (TPSA) is 70.4 Å². The highest BCUT2D eigenvalue weighted by molar-refractivity contribution is 5.95. The third kappa shape index (κ3) is 2.04. The van der Waals surface area contributed by atoms with Gasteiger partial charge in [-0.25, -0.2) is 5.43 Å². The molecule has 3 atom stereocenters. The third-order valence-electron chi connectivity index (χ3n) is 4.24. The molecule has 5 heteroatoms. The first-order valence-corrected chi connectivity index (χ1v) is 6.74. The maximum Gasteiger partial charge on any atom is 0.227 e. The van der Waals surface area contributed by atoms with Gasteiger partial charge in [-0.05, 0) is 30.5 Å². The first-order chi connectivity index (χ1) is 9.08. The first kappa shape index (κ1) is 12.6. The lowest BCUT2D eigenvalue weighted by molar-refractivity contribution is -0.118. The van der Waals surface area contributed by atoms with Crippen molar-refractivity contribution in [1.82, 2.24) is 10.9 Å². The lowest BCUT2D eigenvalue weighted by Crippen LogP contribution is -2.35. The molecule has 1 amide bonds. The van der Waals surface area contributed by atoms with E-state index in [1.165, 1.54) is 11.1 Å². The van der Waals surface area contributed by atoms with E-state index in [2.05, 4.69) is 29.9 Å². The van der Waals surface area contributed by atoms with Gasteiger partial charge in [0, 0.05) is 31.2 Å². The monoisotopic (exact) mass is 260 g/mol. The van der Waals surface area contributed by atoms with Crippen molar-refractivity contribution in [2.24, 2.45) is 5.73 Å². The number of hydrogen-bond donors (Lipinski definition) is 3. The van der Waals surface area contributed by atoms with Crippen molar-refractivity contribution in [1.29, 1.82) is 0 Å². The third-order valence-corrected chi connectivity index (χ3v) is 4.24. The Morgan fingerprint density at radius 1 is 1.32 bits per heavy atom. The SMILES string of the molecule is CC1NNC(c2ccc3c(c2)CCC(=O)N3C)C1N. The number of nitrogens with zero attached hydrogens (tertiary/aromatic N) is 1. The van der Waals surface area contributed by atoms with Crippen LogP contribution in [0.5, 0.6) is 0 Å². The van der Waals surface area contributed by atoms with E-state index in [1.807, 2.05) is 13.1 Å². The van der Waals surface area contributed by atoms with Gasteiger partial charge < -0.3 is 10.6 Å². The highest BCUT2D eigenvalue weighted by Gasteiger charge is 2.31. The molecule has 4 N–H and O–H groups in total. The van der Waals surface area contributed by atoms with Crippen molar-refractivity contribution in [3.05, 3.63) is 29.3 Å². The number of amides is 1. The molecule has 2 aliphatic heterocycles. The Morgan fingerprint density at radius 2 is 2.11 bits per heavy atom. The highest BCUT2D eigenvalue weighted by Crippen LogP contribution is 2.31. The zero-order chi connectivity index (χ0) is 13.6. The molecule has 19 heavy (non-hydrogen) atoms. The molecule has 0 aromatic heterocycles. The summed E-state index contributed by atoms with van der Waals surface area (Å²) >= 11 is 0. The van der Waals surface area contributed by atoms with Crippen LogP contribution < -0.4 is 21.5 Å².